The van der Waals surface area contributed by atoms with Gasteiger partial charge in [0.25, 0.3) is 0 Å². The van der Waals surface area contributed by atoms with Crippen LogP contribution in [0, 0.1) is 18.4 Å². The van der Waals surface area contributed by atoms with E-state index in [-0.39, 0.29) is 11.2 Å². The van der Waals surface area contributed by atoms with Gasteiger partial charge in [0.05, 0.1) is 0 Å². The van der Waals surface area contributed by atoms with Crippen LogP contribution in [0.2, 0.25) is 5.28 Å². The lowest BCUT2D eigenvalue weighted by Gasteiger charge is -1.95. The molecule has 0 fully saturated rings. The number of rotatable bonds is 1. The summed E-state index contributed by atoms with van der Waals surface area (Å²) in [5.41, 5.74) is 0. The minimum atomic E-state index is 0.0789. The molecular formula is C5H4ClN5. The maximum atomic E-state index is 8.20. The highest BCUT2D eigenvalue weighted by Gasteiger charge is 1.98. The van der Waals surface area contributed by atoms with E-state index in [4.69, 9.17) is 16.9 Å². The summed E-state index contributed by atoms with van der Waals surface area (Å²) in [5, 5.41) is 10.5. The minimum Gasteiger partial charge on any atom is -0.261 e. The molecule has 1 heterocycles. The molecular weight excluding hydrogens is 166 g/mol. The van der Waals surface area contributed by atoms with E-state index in [0.29, 0.717) is 5.82 Å². The van der Waals surface area contributed by atoms with Gasteiger partial charge in [0.2, 0.25) is 11.2 Å². The van der Waals surface area contributed by atoms with E-state index in [1.165, 1.54) is 0 Å². The second-order valence-electron chi connectivity index (χ2n) is 1.71. The first-order valence-electron chi connectivity index (χ1n) is 2.75. The second kappa shape index (κ2) is 3.12. The average molecular weight is 170 g/mol. The topological polar surface area (TPSA) is 74.5 Å². The predicted octanol–water partition coefficient (Wildman–Crippen LogP) is 0.726. The lowest BCUT2D eigenvalue weighted by atomic mass is 10.7. The van der Waals surface area contributed by atoms with Gasteiger partial charge >= 0.3 is 0 Å². The molecule has 6 heteroatoms. The number of aromatic nitrogens is 3. The predicted molar refractivity (Wildman–Crippen MR) is 38.8 cm³/mol. The van der Waals surface area contributed by atoms with E-state index < -0.39 is 0 Å². The molecule has 0 aromatic carbocycles. The molecule has 0 atom stereocenters. The van der Waals surface area contributed by atoms with Gasteiger partial charge in [-0.2, -0.15) is 15.2 Å². The number of hydrogen-bond donors (Lipinski definition) is 1. The number of aryl methyl sites for hydroxylation is 1. The van der Waals surface area contributed by atoms with E-state index in [0.717, 1.165) is 0 Å². The monoisotopic (exact) mass is 169 g/mol. The summed E-state index contributed by atoms with van der Waals surface area (Å²) in [6.45, 7) is 1.66. The van der Waals surface area contributed by atoms with Crippen molar-refractivity contribution in [1.29, 1.82) is 5.26 Å². The molecule has 1 rings (SSSR count). The number of halogens is 1. The van der Waals surface area contributed by atoms with Crippen LogP contribution in [-0.2, 0) is 0 Å². The highest BCUT2D eigenvalue weighted by Crippen LogP contribution is 2.03. The van der Waals surface area contributed by atoms with Crippen molar-refractivity contribution in [2.75, 3.05) is 5.32 Å². The van der Waals surface area contributed by atoms with Crippen molar-refractivity contribution in [2.24, 2.45) is 0 Å². The Hall–Kier alpha value is -1.41. The Kier molecular flexibility index (Phi) is 2.18. The highest BCUT2D eigenvalue weighted by atomic mass is 35.5. The van der Waals surface area contributed by atoms with E-state index in [9.17, 15) is 0 Å². The molecule has 0 saturated heterocycles. The first-order valence-corrected chi connectivity index (χ1v) is 3.13. The van der Waals surface area contributed by atoms with Crippen LogP contribution in [0.1, 0.15) is 5.82 Å². The standard InChI is InChI=1S/C5H4ClN5/c1-3-9-4(6)11-5(10-3)8-2-7/h1H3,(H,8,9,10,11). The summed E-state index contributed by atoms with van der Waals surface area (Å²) < 4.78 is 0. The van der Waals surface area contributed by atoms with Gasteiger partial charge in [-0.3, -0.25) is 5.32 Å². The summed E-state index contributed by atoms with van der Waals surface area (Å²) in [7, 11) is 0. The summed E-state index contributed by atoms with van der Waals surface area (Å²) in [6.07, 6.45) is 1.68. The number of nitrogens with one attached hydrogen (secondary N) is 1. The fourth-order valence-corrected chi connectivity index (χ4v) is 0.757. The number of nitrogens with zero attached hydrogens (tertiary/aromatic N) is 4. The summed E-state index contributed by atoms with van der Waals surface area (Å²) in [6, 6.07) is 0. The van der Waals surface area contributed by atoms with E-state index >= 15 is 0 Å². The summed E-state index contributed by atoms with van der Waals surface area (Å²) in [5.74, 6) is 0.646. The molecule has 0 aliphatic rings. The maximum absolute atomic E-state index is 8.20. The lowest BCUT2D eigenvalue weighted by molar-refractivity contribution is 0.983. The first kappa shape index (κ1) is 7.69. The van der Waals surface area contributed by atoms with E-state index in [2.05, 4.69) is 20.3 Å². The zero-order chi connectivity index (χ0) is 8.27. The molecule has 1 N–H and O–H groups in total. The molecule has 0 spiro atoms. The van der Waals surface area contributed by atoms with Gasteiger partial charge in [-0.15, -0.1) is 0 Å². The number of anilines is 1. The summed E-state index contributed by atoms with van der Waals surface area (Å²) >= 11 is 5.47. The van der Waals surface area contributed by atoms with Gasteiger partial charge in [-0.25, -0.2) is 4.98 Å². The van der Waals surface area contributed by atoms with Crippen LogP contribution in [-0.4, -0.2) is 15.0 Å². The van der Waals surface area contributed by atoms with Crippen molar-refractivity contribution < 1.29 is 0 Å². The number of nitriles is 1. The largest absolute Gasteiger partial charge is 0.261 e. The Bertz CT molecular complexity index is 284. The lowest BCUT2D eigenvalue weighted by Crippen LogP contribution is -1.99. The molecule has 0 radical (unpaired) electrons. The van der Waals surface area contributed by atoms with Gasteiger partial charge in [0.15, 0.2) is 6.19 Å². The Labute approximate surface area is 68.1 Å². The Morgan fingerprint density at radius 3 is 2.73 bits per heavy atom. The molecule has 1 aromatic rings. The zero-order valence-electron chi connectivity index (χ0n) is 5.67. The Morgan fingerprint density at radius 1 is 1.45 bits per heavy atom. The minimum absolute atomic E-state index is 0.0789. The third-order valence-electron chi connectivity index (χ3n) is 0.888. The molecule has 56 valence electrons. The normalized spacial score (nSPS) is 8.82. The van der Waals surface area contributed by atoms with Crippen LogP contribution in [0.25, 0.3) is 0 Å². The van der Waals surface area contributed by atoms with Crippen molar-refractivity contribution in [1.82, 2.24) is 15.0 Å². The van der Waals surface area contributed by atoms with Gasteiger partial charge in [0.1, 0.15) is 5.82 Å². The molecule has 0 amide bonds. The smallest absolute Gasteiger partial charge is 0.240 e. The van der Waals surface area contributed by atoms with Gasteiger partial charge in [-0.05, 0) is 18.5 Å². The van der Waals surface area contributed by atoms with Crippen molar-refractivity contribution in [3.05, 3.63) is 11.1 Å². The molecule has 11 heavy (non-hydrogen) atoms. The van der Waals surface area contributed by atoms with Crippen LogP contribution in [0.5, 0.6) is 0 Å². The molecule has 0 aliphatic heterocycles. The van der Waals surface area contributed by atoms with Gasteiger partial charge < -0.3 is 0 Å². The average Bonchev–Trinajstić information content (AvgIpc) is 1.85. The molecule has 1 aromatic heterocycles. The first-order chi connectivity index (χ1) is 5.22. The summed E-state index contributed by atoms with van der Waals surface area (Å²) in [4.78, 5) is 11.1. The second-order valence-corrected chi connectivity index (χ2v) is 2.05. The van der Waals surface area contributed by atoms with Crippen LogP contribution in [0.4, 0.5) is 5.95 Å². The van der Waals surface area contributed by atoms with E-state index in [1.54, 1.807) is 13.1 Å². The third-order valence-corrected chi connectivity index (χ3v) is 1.06. The van der Waals surface area contributed by atoms with Crippen LogP contribution >= 0.6 is 11.6 Å². The van der Waals surface area contributed by atoms with Crippen LogP contribution in [0.15, 0.2) is 0 Å². The maximum Gasteiger partial charge on any atom is 0.240 e. The SMILES string of the molecule is Cc1nc(Cl)nc(NC#N)n1. The molecule has 0 bridgehead atoms. The van der Waals surface area contributed by atoms with Crippen LogP contribution < -0.4 is 5.32 Å². The molecule has 0 saturated carbocycles. The van der Waals surface area contributed by atoms with Crippen molar-refractivity contribution in [3.8, 4) is 6.19 Å². The van der Waals surface area contributed by atoms with Crippen molar-refractivity contribution >= 4 is 17.5 Å². The number of hydrogen-bond acceptors (Lipinski definition) is 5. The quantitative estimate of drug-likeness (QED) is 0.496. The van der Waals surface area contributed by atoms with Crippen molar-refractivity contribution in [2.45, 2.75) is 6.92 Å². The van der Waals surface area contributed by atoms with Gasteiger partial charge in [0, 0.05) is 0 Å². The van der Waals surface area contributed by atoms with E-state index in [1.807, 2.05) is 0 Å². The third kappa shape index (κ3) is 2.02. The zero-order valence-corrected chi connectivity index (χ0v) is 6.42. The Morgan fingerprint density at radius 2 is 2.18 bits per heavy atom. The Balaban J connectivity index is 3.01. The highest BCUT2D eigenvalue weighted by molar-refractivity contribution is 6.28. The fraction of sp³-hybridized carbons (Fsp3) is 0.200. The van der Waals surface area contributed by atoms with Crippen LogP contribution in [0.3, 0.4) is 0 Å². The fourth-order valence-electron chi connectivity index (χ4n) is 0.555. The molecule has 0 aliphatic carbocycles. The van der Waals surface area contributed by atoms with Gasteiger partial charge in [-0.1, -0.05) is 0 Å². The molecule has 0 unspecified atom stereocenters. The molecule has 5 nitrogen and oxygen atoms in total. The van der Waals surface area contributed by atoms with Crippen molar-refractivity contribution in [3.63, 3.8) is 0 Å².